The average molecular weight is 244 g/mol. The summed E-state index contributed by atoms with van der Waals surface area (Å²) in [5.74, 6) is -1.75. The molecule has 0 saturated carbocycles. The second-order valence-electron chi connectivity index (χ2n) is 3.40. The van der Waals surface area contributed by atoms with Crippen LogP contribution in [-0.4, -0.2) is 24.7 Å². The van der Waals surface area contributed by atoms with Gasteiger partial charge in [0.05, 0.1) is 0 Å². The van der Waals surface area contributed by atoms with Gasteiger partial charge >= 0.3 is 5.97 Å². The Morgan fingerprint density at radius 1 is 1.38 bits per heavy atom. The number of esters is 1. The van der Waals surface area contributed by atoms with Gasteiger partial charge in [0, 0.05) is 0 Å². The first-order valence-corrected chi connectivity index (χ1v) is 6.12. The Labute approximate surface area is 93.8 Å². The predicted octanol–water partition coefficient (Wildman–Crippen LogP) is 1.10. The lowest BCUT2D eigenvalue weighted by Gasteiger charge is -2.08. The summed E-state index contributed by atoms with van der Waals surface area (Å²) in [5.41, 5.74) is 1.68. The third-order valence-electron chi connectivity index (χ3n) is 2.08. The maximum absolute atomic E-state index is 11.1. The van der Waals surface area contributed by atoms with E-state index in [-0.39, 0.29) is 0 Å². The van der Waals surface area contributed by atoms with Crippen LogP contribution in [0.15, 0.2) is 18.2 Å². The smallest absolute Gasteiger partial charge is 0.329 e. The van der Waals surface area contributed by atoms with Crippen LogP contribution in [-0.2, 0) is 14.9 Å². The van der Waals surface area contributed by atoms with Crippen molar-refractivity contribution in [1.29, 1.82) is 0 Å². The summed E-state index contributed by atoms with van der Waals surface area (Å²) >= 11 is 0. The molecule has 6 heteroatoms. The second kappa shape index (κ2) is 4.63. The van der Waals surface area contributed by atoms with Crippen molar-refractivity contribution in [2.75, 3.05) is 5.75 Å². The van der Waals surface area contributed by atoms with Crippen LogP contribution in [0.2, 0.25) is 0 Å². The van der Waals surface area contributed by atoms with Crippen molar-refractivity contribution in [3.8, 4) is 5.75 Å². The van der Waals surface area contributed by atoms with Crippen LogP contribution >= 0.6 is 0 Å². The number of benzene rings is 1. The monoisotopic (exact) mass is 244 g/mol. The van der Waals surface area contributed by atoms with E-state index in [2.05, 4.69) is 0 Å². The summed E-state index contributed by atoms with van der Waals surface area (Å²) < 4.78 is 34.2. The molecule has 16 heavy (non-hydrogen) atoms. The Hall–Kier alpha value is -1.40. The highest BCUT2D eigenvalue weighted by atomic mass is 32.2. The van der Waals surface area contributed by atoms with Gasteiger partial charge in [-0.25, -0.2) is 0 Å². The zero-order chi connectivity index (χ0) is 12.3. The van der Waals surface area contributed by atoms with Gasteiger partial charge in [-0.2, -0.15) is 8.42 Å². The third kappa shape index (κ3) is 3.63. The molecule has 0 aliphatic rings. The minimum Gasteiger partial charge on any atom is -0.425 e. The van der Waals surface area contributed by atoms with E-state index in [1.807, 2.05) is 13.0 Å². The first-order valence-electron chi connectivity index (χ1n) is 4.51. The highest BCUT2D eigenvalue weighted by Gasteiger charge is 2.16. The summed E-state index contributed by atoms with van der Waals surface area (Å²) in [5, 5.41) is 0. The fourth-order valence-electron chi connectivity index (χ4n) is 1.14. The molecule has 0 aliphatic heterocycles. The van der Waals surface area contributed by atoms with Crippen molar-refractivity contribution in [1.82, 2.24) is 0 Å². The lowest BCUT2D eigenvalue weighted by atomic mass is 10.1. The highest BCUT2D eigenvalue weighted by Crippen LogP contribution is 2.20. The Morgan fingerprint density at radius 3 is 2.56 bits per heavy atom. The van der Waals surface area contributed by atoms with Crippen molar-refractivity contribution in [2.24, 2.45) is 0 Å². The standard InChI is InChI=1S/C10H12O5S/c1-7-4-3-5-9(8(7)2)15-10(11)6-16(12,13)14/h3-5H,6H2,1-2H3,(H,12,13,14). The SMILES string of the molecule is Cc1cccc(OC(=O)CS(=O)(=O)O)c1C. The first-order chi connectivity index (χ1) is 7.29. The van der Waals surface area contributed by atoms with Crippen LogP contribution in [0.4, 0.5) is 0 Å². The Kier molecular flexibility index (Phi) is 3.66. The summed E-state index contributed by atoms with van der Waals surface area (Å²) in [6.45, 7) is 3.60. The maximum atomic E-state index is 11.1. The minimum absolute atomic E-state index is 0.300. The fourth-order valence-corrected chi connectivity index (χ4v) is 1.49. The fraction of sp³-hybridized carbons (Fsp3) is 0.300. The lowest BCUT2D eigenvalue weighted by Crippen LogP contribution is -2.20. The van der Waals surface area contributed by atoms with E-state index < -0.39 is 21.8 Å². The van der Waals surface area contributed by atoms with Crippen LogP contribution in [0.3, 0.4) is 0 Å². The average Bonchev–Trinajstić information content (AvgIpc) is 2.09. The second-order valence-corrected chi connectivity index (χ2v) is 4.85. The Balaban J connectivity index is 2.82. The van der Waals surface area contributed by atoms with Gasteiger partial charge in [-0.1, -0.05) is 12.1 Å². The van der Waals surface area contributed by atoms with Crippen molar-refractivity contribution < 1.29 is 22.5 Å². The van der Waals surface area contributed by atoms with Gasteiger partial charge in [-0.05, 0) is 31.0 Å². The van der Waals surface area contributed by atoms with Crippen molar-refractivity contribution in [3.05, 3.63) is 29.3 Å². The number of carbonyl (C=O) groups excluding carboxylic acids is 1. The predicted molar refractivity (Wildman–Crippen MR) is 58.0 cm³/mol. The van der Waals surface area contributed by atoms with Crippen molar-refractivity contribution in [2.45, 2.75) is 13.8 Å². The van der Waals surface area contributed by atoms with Gasteiger partial charge in [0.1, 0.15) is 5.75 Å². The molecule has 1 aromatic carbocycles. The number of hydrogen-bond acceptors (Lipinski definition) is 4. The molecule has 0 aliphatic carbocycles. The van der Waals surface area contributed by atoms with Gasteiger partial charge in [0.15, 0.2) is 5.75 Å². The molecule has 0 radical (unpaired) electrons. The molecule has 0 amide bonds. The Morgan fingerprint density at radius 2 is 2.00 bits per heavy atom. The summed E-state index contributed by atoms with van der Waals surface area (Å²) in [7, 11) is -4.34. The van der Waals surface area contributed by atoms with Crippen molar-refractivity contribution >= 4 is 16.1 Å². The molecule has 0 aromatic heterocycles. The summed E-state index contributed by atoms with van der Waals surface area (Å²) in [4.78, 5) is 11.1. The Bertz CT molecular complexity index is 504. The van der Waals surface area contributed by atoms with Gasteiger partial charge in [-0.3, -0.25) is 9.35 Å². The van der Waals surface area contributed by atoms with Gasteiger partial charge in [0.2, 0.25) is 0 Å². The van der Waals surface area contributed by atoms with Gasteiger partial charge < -0.3 is 4.74 Å². The molecular formula is C10H12O5S. The highest BCUT2D eigenvalue weighted by molar-refractivity contribution is 7.86. The quantitative estimate of drug-likeness (QED) is 0.489. The zero-order valence-electron chi connectivity index (χ0n) is 8.93. The van der Waals surface area contributed by atoms with E-state index in [0.29, 0.717) is 5.75 Å². The van der Waals surface area contributed by atoms with E-state index >= 15 is 0 Å². The normalized spacial score (nSPS) is 11.2. The van der Waals surface area contributed by atoms with Gasteiger partial charge in [-0.15, -0.1) is 0 Å². The lowest BCUT2D eigenvalue weighted by molar-refractivity contribution is -0.131. The third-order valence-corrected chi connectivity index (χ3v) is 2.68. The molecule has 88 valence electrons. The zero-order valence-corrected chi connectivity index (χ0v) is 9.74. The number of aryl methyl sites for hydroxylation is 1. The molecule has 5 nitrogen and oxygen atoms in total. The van der Waals surface area contributed by atoms with E-state index in [9.17, 15) is 13.2 Å². The number of carbonyl (C=O) groups is 1. The molecule has 1 N–H and O–H groups in total. The van der Waals surface area contributed by atoms with Crippen LogP contribution in [0, 0.1) is 13.8 Å². The van der Waals surface area contributed by atoms with Crippen LogP contribution < -0.4 is 4.74 Å². The molecular weight excluding hydrogens is 232 g/mol. The minimum atomic E-state index is -4.34. The van der Waals surface area contributed by atoms with Gasteiger partial charge in [0.25, 0.3) is 10.1 Å². The largest absolute Gasteiger partial charge is 0.425 e. The number of ether oxygens (including phenoxy) is 1. The summed E-state index contributed by atoms with van der Waals surface area (Å²) in [6, 6.07) is 5.10. The molecule has 0 fully saturated rings. The van der Waals surface area contributed by atoms with E-state index in [4.69, 9.17) is 9.29 Å². The molecule has 0 saturated heterocycles. The maximum Gasteiger partial charge on any atom is 0.329 e. The molecule has 0 heterocycles. The van der Waals surface area contributed by atoms with Crippen LogP contribution in [0.25, 0.3) is 0 Å². The topological polar surface area (TPSA) is 80.7 Å². The van der Waals surface area contributed by atoms with E-state index in [1.165, 1.54) is 0 Å². The van der Waals surface area contributed by atoms with E-state index in [1.54, 1.807) is 19.1 Å². The molecule has 0 unspecified atom stereocenters. The molecule has 0 atom stereocenters. The molecule has 0 spiro atoms. The molecule has 1 rings (SSSR count). The summed E-state index contributed by atoms with van der Waals surface area (Å²) in [6.07, 6.45) is 0. The number of rotatable bonds is 3. The molecule has 0 bridgehead atoms. The van der Waals surface area contributed by atoms with Crippen molar-refractivity contribution in [3.63, 3.8) is 0 Å². The van der Waals surface area contributed by atoms with Crippen LogP contribution in [0.5, 0.6) is 5.75 Å². The first kappa shape index (κ1) is 12.7. The van der Waals surface area contributed by atoms with E-state index in [0.717, 1.165) is 11.1 Å². The number of hydrogen-bond donors (Lipinski definition) is 1. The molecule has 1 aromatic rings. The van der Waals surface area contributed by atoms with Crippen LogP contribution in [0.1, 0.15) is 11.1 Å².